The molecule has 0 radical (unpaired) electrons. The van der Waals surface area contributed by atoms with Crippen molar-refractivity contribution in [2.45, 2.75) is 19.0 Å². The van der Waals surface area contributed by atoms with E-state index in [1.165, 1.54) is 0 Å². The van der Waals surface area contributed by atoms with Crippen LogP contribution in [0.25, 0.3) is 0 Å². The number of nitrogens with zero attached hydrogens (tertiary/aromatic N) is 1. The summed E-state index contributed by atoms with van der Waals surface area (Å²) in [6, 6.07) is 7.24. The van der Waals surface area contributed by atoms with Crippen molar-refractivity contribution >= 4 is 11.4 Å². The number of alkyl halides is 3. The molecule has 17 heavy (non-hydrogen) atoms. The normalized spacial score (nSPS) is 18.4. The number of nitrogens with two attached hydrogens (primary N) is 1. The number of anilines is 2. The van der Waals surface area contributed by atoms with Gasteiger partial charge in [-0.15, -0.1) is 0 Å². The Hall–Kier alpha value is -1.39. The van der Waals surface area contributed by atoms with E-state index in [1.807, 2.05) is 17.0 Å². The minimum Gasteiger partial charge on any atom is -0.399 e. The van der Waals surface area contributed by atoms with Crippen LogP contribution in [-0.2, 0) is 0 Å². The number of benzene rings is 1. The third kappa shape index (κ3) is 2.84. The van der Waals surface area contributed by atoms with Gasteiger partial charge in [0, 0.05) is 24.5 Å². The Kier molecular flexibility index (Phi) is 3.17. The highest BCUT2D eigenvalue weighted by Crippen LogP contribution is 2.35. The second-order valence-electron chi connectivity index (χ2n) is 4.39. The van der Waals surface area contributed by atoms with Crippen LogP contribution in [0.3, 0.4) is 0 Å². The van der Waals surface area contributed by atoms with Crippen LogP contribution in [0.15, 0.2) is 24.3 Å². The lowest BCUT2D eigenvalue weighted by molar-refractivity contribution is -0.179. The zero-order valence-corrected chi connectivity index (χ0v) is 9.37. The van der Waals surface area contributed by atoms with Crippen molar-refractivity contribution in [1.29, 1.82) is 0 Å². The molecule has 1 saturated heterocycles. The Labute approximate surface area is 98.2 Å². The predicted octanol–water partition coefficient (Wildman–Crippen LogP) is 3.05. The molecule has 1 aromatic rings. The van der Waals surface area contributed by atoms with Gasteiger partial charge in [-0.25, -0.2) is 0 Å². The van der Waals surface area contributed by atoms with Crippen molar-refractivity contribution in [1.82, 2.24) is 0 Å². The molecule has 0 saturated carbocycles. The number of halogens is 3. The molecule has 0 spiro atoms. The van der Waals surface area contributed by atoms with Crippen molar-refractivity contribution in [3.63, 3.8) is 0 Å². The summed E-state index contributed by atoms with van der Waals surface area (Å²) < 4.78 is 37.5. The summed E-state index contributed by atoms with van der Waals surface area (Å²) >= 11 is 0. The summed E-state index contributed by atoms with van der Waals surface area (Å²) in [4.78, 5) is 1.97. The van der Waals surface area contributed by atoms with Crippen LogP contribution in [0.4, 0.5) is 24.5 Å². The van der Waals surface area contributed by atoms with Crippen molar-refractivity contribution in [3.05, 3.63) is 24.3 Å². The minimum atomic E-state index is -4.05. The SMILES string of the molecule is Nc1ccc(N2CCC(C(F)(F)F)CC2)cc1. The summed E-state index contributed by atoms with van der Waals surface area (Å²) in [5.74, 6) is -1.15. The molecular formula is C12H15F3N2. The van der Waals surface area contributed by atoms with Gasteiger partial charge in [-0.2, -0.15) is 13.2 Å². The quantitative estimate of drug-likeness (QED) is 0.769. The van der Waals surface area contributed by atoms with Gasteiger partial charge in [0.25, 0.3) is 0 Å². The zero-order valence-electron chi connectivity index (χ0n) is 9.37. The first-order valence-electron chi connectivity index (χ1n) is 5.64. The predicted molar refractivity (Wildman–Crippen MR) is 61.8 cm³/mol. The fraction of sp³-hybridized carbons (Fsp3) is 0.500. The summed E-state index contributed by atoms with van der Waals surface area (Å²) in [7, 11) is 0. The van der Waals surface area contributed by atoms with Crippen LogP contribution >= 0.6 is 0 Å². The number of nitrogen functional groups attached to an aromatic ring is 1. The molecule has 2 rings (SSSR count). The largest absolute Gasteiger partial charge is 0.399 e. The number of piperidine rings is 1. The second kappa shape index (κ2) is 4.47. The van der Waals surface area contributed by atoms with E-state index >= 15 is 0 Å². The second-order valence-corrected chi connectivity index (χ2v) is 4.39. The molecule has 1 aliphatic heterocycles. The van der Waals surface area contributed by atoms with E-state index in [4.69, 9.17) is 5.73 Å². The van der Waals surface area contributed by atoms with E-state index in [1.54, 1.807) is 12.1 Å². The molecule has 0 amide bonds. The summed E-state index contributed by atoms with van der Waals surface area (Å²) in [6.07, 6.45) is -3.70. The highest BCUT2D eigenvalue weighted by molar-refractivity contribution is 5.53. The maximum Gasteiger partial charge on any atom is 0.391 e. The minimum absolute atomic E-state index is 0.174. The molecule has 0 bridgehead atoms. The Morgan fingerprint density at radius 3 is 2.06 bits per heavy atom. The van der Waals surface area contributed by atoms with E-state index < -0.39 is 12.1 Å². The van der Waals surface area contributed by atoms with Crippen LogP contribution in [0, 0.1) is 5.92 Å². The van der Waals surface area contributed by atoms with Gasteiger partial charge in [0.1, 0.15) is 0 Å². The molecule has 2 nitrogen and oxygen atoms in total. The Balaban J connectivity index is 1.97. The van der Waals surface area contributed by atoms with Crippen LogP contribution in [0.1, 0.15) is 12.8 Å². The van der Waals surface area contributed by atoms with Gasteiger partial charge in [-0.3, -0.25) is 0 Å². The van der Waals surface area contributed by atoms with Gasteiger partial charge in [-0.1, -0.05) is 0 Å². The molecule has 1 aromatic carbocycles. The number of hydrogen-bond acceptors (Lipinski definition) is 2. The summed E-state index contributed by atoms with van der Waals surface area (Å²) in [5, 5.41) is 0. The summed E-state index contributed by atoms with van der Waals surface area (Å²) in [6.45, 7) is 0.905. The van der Waals surface area contributed by atoms with Crippen molar-refractivity contribution < 1.29 is 13.2 Å². The third-order valence-electron chi connectivity index (χ3n) is 3.22. The Morgan fingerprint density at radius 1 is 1.06 bits per heavy atom. The van der Waals surface area contributed by atoms with E-state index in [0.717, 1.165) is 5.69 Å². The van der Waals surface area contributed by atoms with Crippen LogP contribution in [0.2, 0.25) is 0 Å². The average Bonchev–Trinajstić information content (AvgIpc) is 2.29. The van der Waals surface area contributed by atoms with Gasteiger partial charge in [-0.05, 0) is 37.1 Å². The Morgan fingerprint density at radius 2 is 1.59 bits per heavy atom. The molecule has 0 unspecified atom stereocenters. The first kappa shape index (κ1) is 12.1. The van der Waals surface area contributed by atoms with Crippen LogP contribution in [0.5, 0.6) is 0 Å². The molecule has 0 aromatic heterocycles. The highest BCUT2D eigenvalue weighted by atomic mass is 19.4. The first-order chi connectivity index (χ1) is 7.97. The Bertz CT molecular complexity index is 364. The van der Waals surface area contributed by atoms with E-state index in [9.17, 15) is 13.2 Å². The lowest BCUT2D eigenvalue weighted by Gasteiger charge is -2.34. The molecule has 1 aliphatic rings. The van der Waals surface area contributed by atoms with Crippen molar-refractivity contribution in [2.24, 2.45) is 5.92 Å². The first-order valence-corrected chi connectivity index (χ1v) is 5.64. The smallest absolute Gasteiger partial charge is 0.391 e. The molecule has 0 atom stereocenters. The monoisotopic (exact) mass is 244 g/mol. The van der Waals surface area contributed by atoms with Gasteiger partial charge < -0.3 is 10.6 Å². The lowest BCUT2D eigenvalue weighted by Crippen LogP contribution is -2.38. The molecule has 94 valence electrons. The number of hydrogen-bond donors (Lipinski definition) is 1. The maximum atomic E-state index is 12.5. The molecule has 2 N–H and O–H groups in total. The third-order valence-corrected chi connectivity index (χ3v) is 3.22. The topological polar surface area (TPSA) is 29.3 Å². The van der Waals surface area contributed by atoms with Crippen molar-refractivity contribution in [3.8, 4) is 0 Å². The lowest BCUT2D eigenvalue weighted by atomic mass is 9.96. The van der Waals surface area contributed by atoms with Crippen LogP contribution in [-0.4, -0.2) is 19.3 Å². The van der Waals surface area contributed by atoms with Gasteiger partial charge in [0.2, 0.25) is 0 Å². The van der Waals surface area contributed by atoms with Crippen molar-refractivity contribution in [2.75, 3.05) is 23.7 Å². The van der Waals surface area contributed by atoms with E-state index in [2.05, 4.69) is 0 Å². The molecule has 1 heterocycles. The average molecular weight is 244 g/mol. The fourth-order valence-electron chi connectivity index (χ4n) is 2.15. The fourth-order valence-corrected chi connectivity index (χ4v) is 2.15. The van der Waals surface area contributed by atoms with E-state index in [-0.39, 0.29) is 12.8 Å². The maximum absolute atomic E-state index is 12.5. The number of rotatable bonds is 1. The van der Waals surface area contributed by atoms with Gasteiger partial charge in [0.05, 0.1) is 5.92 Å². The summed E-state index contributed by atoms with van der Waals surface area (Å²) in [5.41, 5.74) is 7.18. The molecule has 0 aliphatic carbocycles. The van der Waals surface area contributed by atoms with Gasteiger partial charge >= 0.3 is 6.18 Å². The highest BCUT2D eigenvalue weighted by Gasteiger charge is 2.41. The standard InChI is InChI=1S/C12H15F3N2/c13-12(14,15)9-5-7-17(8-6-9)11-3-1-10(16)2-4-11/h1-4,9H,5-8,16H2. The van der Waals surface area contributed by atoms with Gasteiger partial charge in [0.15, 0.2) is 0 Å². The van der Waals surface area contributed by atoms with Crippen LogP contribution < -0.4 is 10.6 Å². The molecule has 1 fully saturated rings. The van der Waals surface area contributed by atoms with E-state index in [0.29, 0.717) is 18.8 Å². The molecular weight excluding hydrogens is 229 g/mol. The zero-order chi connectivity index (χ0) is 12.5. The molecule has 5 heteroatoms.